The Morgan fingerprint density at radius 1 is 1.17 bits per heavy atom. The summed E-state index contributed by atoms with van der Waals surface area (Å²) in [5.41, 5.74) is -1.13. The van der Waals surface area contributed by atoms with Crippen molar-refractivity contribution in [1.29, 1.82) is 5.26 Å². The molecule has 2 heterocycles. The van der Waals surface area contributed by atoms with Gasteiger partial charge in [0.1, 0.15) is 35.8 Å². The number of amides is 2. The molecule has 11 heteroatoms. The van der Waals surface area contributed by atoms with Gasteiger partial charge in [0.05, 0.1) is 11.1 Å². The number of hydrogen-bond acceptors (Lipinski definition) is 6. The summed E-state index contributed by atoms with van der Waals surface area (Å²) in [6.45, 7) is 0.111. The first-order valence-corrected chi connectivity index (χ1v) is 11.1. The molecule has 182 valence electrons. The first-order valence-electron chi connectivity index (χ1n) is 10.7. The van der Waals surface area contributed by atoms with Crippen LogP contribution < -0.4 is 20.1 Å². The summed E-state index contributed by atoms with van der Waals surface area (Å²) in [5, 5.41) is 14.3. The van der Waals surface area contributed by atoms with Crippen molar-refractivity contribution in [2.45, 2.75) is 31.0 Å². The van der Waals surface area contributed by atoms with Crippen LogP contribution in [0, 0.1) is 23.0 Å². The molecule has 2 N–H and O–H groups in total. The van der Waals surface area contributed by atoms with Crippen molar-refractivity contribution in [2.75, 3.05) is 13.2 Å². The number of alkyl carbamates (subject to hydrolysis) is 1. The van der Waals surface area contributed by atoms with Gasteiger partial charge in [0, 0.05) is 6.42 Å². The Morgan fingerprint density at radius 3 is 2.51 bits per heavy atom. The van der Waals surface area contributed by atoms with Crippen LogP contribution in [-0.4, -0.2) is 37.0 Å². The van der Waals surface area contributed by atoms with E-state index >= 15 is 0 Å². The van der Waals surface area contributed by atoms with Gasteiger partial charge in [-0.15, -0.1) is 0 Å². The lowest BCUT2D eigenvalue weighted by atomic mass is 10.1. The number of benzene rings is 2. The van der Waals surface area contributed by atoms with Crippen molar-refractivity contribution in [3.05, 3.63) is 70.3 Å². The van der Waals surface area contributed by atoms with Crippen molar-refractivity contribution in [1.82, 2.24) is 10.6 Å². The second-order valence-corrected chi connectivity index (χ2v) is 8.39. The van der Waals surface area contributed by atoms with Crippen LogP contribution in [0.1, 0.15) is 28.8 Å². The number of nitrogens with one attached hydrogen (secondary N) is 2. The van der Waals surface area contributed by atoms with Gasteiger partial charge in [0.15, 0.2) is 17.9 Å². The molecule has 3 aliphatic rings. The number of rotatable bonds is 2. The normalized spacial score (nSPS) is 19.7. The third kappa shape index (κ3) is 5.81. The van der Waals surface area contributed by atoms with Crippen LogP contribution in [0.3, 0.4) is 0 Å². The molecule has 1 saturated carbocycles. The van der Waals surface area contributed by atoms with Gasteiger partial charge in [-0.1, -0.05) is 17.7 Å². The summed E-state index contributed by atoms with van der Waals surface area (Å²) < 4.78 is 45.0. The third-order valence-corrected chi connectivity index (χ3v) is 5.68. The minimum Gasteiger partial charge on any atom is -0.489 e. The average molecular weight is 504 g/mol. The maximum absolute atomic E-state index is 14.6. The summed E-state index contributed by atoms with van der Waals surface area (Å²) in [6.07, 6.45) is 1.83. The van der Waals surface area contributed by atoms with E-state index in [4.69, 9.17) is 25.8 Å². The highest BCUT2D eigenvalue weighted by Gasteiger charge is 2.45. The summed E-state index contributed by atoms with van der Waals surface area (Å²) >= 11 is 6.29. The number of ether oxygens (including phenoxy) is 3. The van der Waals surface area contributed by atoms with Crippen molar-refractivity contribution in [3.8, 4) is 17.6 Å². The van der Waals surface area contributed by atoms with Crippen molar-refractivity contribution in [2.24, 2.45) is 0 Å². The number of halogens is 3. The minimum absolute atomic E-state index is 0.0556. The van der Waals surface area contributed by atoms with Gasteiger partial charge in [0.2, 0.25) is 0 Å². The van der Waals surface area contributed by atoms with Crippen LogP contribution in [0.15, 0.2) is 42.5 Å². The van der Waals surface area contributed by atoms with E-state index in [1.807, 2.05) is 6.07 Å². The molecule has 2 bridgehead atoms. The largest absolute Gasteiger partial charge is 0.489 e. The molecule has 35 heavy (non-hydrogen) atoms. The number of nitriles is 1. The molecule has 0 saturated heterocycles. The summed E-state index contributed by atoms with van der Waals surface area (Å²) in [4.78, 5) is 25.4. The molecule has 2 aromatic rings. The lowest BCUT2D eigenvalue weighted by molar-refractivity contribution is 0.0619. The van der Waals surface area contributed by atoms with Gasteiger partial charge in [-0.3, -0.25) is 4.79 Å². The van der Waals surface area contributed by atoms with Crippen LogP contribution in [-0.2, 0) is 11.2 Å². The number of carbonyl (C=O) groups is 2. The van der Waals surface area contributed by atoms with E-state index in [1.54, 1.807) is 30.4 Å². The van der Waals surface area contributed by atoms with E-state index < -0.39 is 41.0 Å². The highest BCUT2D eigenvalue weighted by Crippen LogP contribution is 2.34. The maximum atomic E-state index is 14.6. The van der Waals surface area contributed by atoms with E-state index in [9.17, 15) is 23.6 Å². The quantitative estimate of drug-likeness (QED) is 0.599. The van der Waals surface area contributed by atoms with Gasteiger partial charge < -0.3 is 24.8 Å². The topological polar surface area (TPSA) is 110 Å². The Morgan fingerprint density at radius 2 is 1.86 bits per heavy atom. The number of carbonyl (C=O) groups excluding carboxylic acids is 2. The summed E-state index contributed by atoms with van der Waals surface area (Å²) in [7, 11) is 0. The van der Waals surface area contributed by atoms with Gasteiger partial charge in [-0.05, 0) is 54.8 Å². The summed E-state index contributed by atoms with van der Waals surface area (Å²) in [5.74, 6) is -3.50. The lowest BCUT2D eigenvalue weighted by Crippen LogP contribution is -2.45. The van der Waals surface area contributed by atoms with Crippen LogP contribution in [0.25, 0.3) is 0 Å². The average Bonchev–Trinajstić information content (AvgIpc) is 3.58. The Kier molecular flexibility index (Phi) is 7.07. The number of nitrogens with zero attached hydrogens (tertiary/aromatic N) is 1. The standard InChI is InChI=1S/C24H20ClF2N3O5/c25-15-11-14-3-5-17(15)33-9-1-2-10-34-18-6-4-16(26)21(27)20(18)22(31)29-19(12-14)35-23(32)30-24(13-28)7-8-24/h1-6,11,19H,7-10,12H2,(H,29,31)(H,30,32)/b2-1+/t19-/m0/s1. The van der Waals surface area contributed by atoms with Crippen molar-refractivity contribution < 1.29 is 32.6 Å². The fourth-order valence-electron chi connectivity index (χ4n) is 3.36. The molecule has 2 aromatic carbocycles. The van der Waals surface area contributed by atoms with Crippen molar-refractivity contribution in [3.63, 3.8) is 0 Å². The lowest BCUT2D eigenvalue weighted by Gasteiger charge is -2.22. The highest BCUT2D eigenvalue weighted by atomic mass is 35.5. The number of fused-ring (bicyclic) bond motifs is 9. The predicted octanol–water partition coefficient (Wildman–Crippen LogP) is 4.03. The highest BCUT2D eigenvalue weighted by molar-refractivity contribution is 6.32. The fourth-order valence-corrected chi connectivity index (χ4v) is 3.62. The molecule has 0 radical (unpaired) electrons. The first-order chi connectivity index (χ1) is 16.8. The van der Waals surface area contributed by atoms with Gasteiger partial charge >= 0.3 is 6.09 Å². The zero-order valence-corrected chi connectivity index (χ0v) is 19.0. The molecule has 1 atom stereocenters. The van der Waals surface area contributed by atoms with Gasteiger partial charge in [0.25, 0.3) is 5.91 Å². The van der Waals surface area contributed by atoms with Crippen LogP contribution in [0.4, 0.5) is 13.6 Å². The van der Waals surface area contributed by atoms with Crippen molar-refractivity contribution >= 4 is 23.6 Å². The smallest absolute Gasteiger partial charge is 0.410 e. The van der Waals surface area contributed by atoms with E-state index in [-0.39, 0.29) is 30.4 Å². The van der Waals surface area contributed by atoms with E-state index in [1.165, 1.54) is 0 Å². The SMILES string of the molecule is N#CC1(NC(=O)O[C@H]2Cc3ccc(c(Cl)c3)OC/C=C/COc3ccc(F)c(F)c3C(=O)N2)CC1. The Labute approximate surface area is 204 Å². The molecule has 0 spiro atoms. The van der Waals surface area contributed by atoms with Crippen LogP contribution in [0.2, 0.25) is 5.02 Å². The molecule has 2 amide bonds. The molecular formula is C24H20ClF2N3O5. The molecule has 0 unspecified atom stereocenters. The second kappa shape index (κ2) is 10.2. The monoisotopic (exact) mass is 503 g/mol. The second-order valence-electron chi connectivity index (χ2n) is 7.98. The Balaban J connectivity index is 1.65. The van der Waals surface area contributed by atoms with Gasteiger partial charge in [-0.25, -0.2) is 13.6 Å². The van der Waals surface area contributed by atoms with E-state index in [2.05, 4.69) is 10.6 Å². The van der Waals surface area contributed by atoms with E-state index in [0.717, 1.165) is 12.1 Å². The van der Waals surface area contributed by atoms with Gasteiger partial charge in [-0.2, -0.15) is 5.26 Å². The Hall–Kier alpha value is -3.84. The molecule has 1 aliphatic carbocycles. The molecular weight excluding hydrogens is 484 g/mol. The molecule has 2 aliphatic heterocycles. The molecule has 1 fully saturated rings. The van der Waals surface area contributed by atoms with Crippen LogP contribution in [0.5, 0.6) is 11.5 Å². The Bertz CT molecular complexity index is 1230. The predicted molar refractivity (Wildman–Crippen MR) is 120 cm³/mol. The molecule has 5 rings (SSSR count). The molecule has 8 nitrogen and oxygen atoms in total. The third-order valence-electron chi connectivity index (χ3n) is 5.38. The maximum Gasteiger partial charge on any atom is 0.410 e. The summed E-state index contributed by atoms with van der Waals surface area (Å²) in [6, 6.07) is 8.81. The van der Waals surface area contributed by atoms with E-state index in [0.29, 0.717) is 24.2 Å². The minimum atomic E-state index is -1.41. The zero-order valence-electron chi connectivity index (χ0n) is 18.3. The first kappa shape index (κ1) is 24.3. The number of hydrogen-bond donors (Lipinski definition) is 2. The fraction of sp³-hybridized carbons (Fsp3) is 0.292. The van der Waals surface area contributed by atoms with Crippen LogP contribution >= 0.6 is 11.6 Å². The zero-order chi connectivity index (χ0) is 25.0. The molecule has 0 aromatic heterocycles.